The maximum atomic E-state index is 13.7. The molecule has 0 saturated heterocycles. The van der Waals surface area contributed by atoms with Gasteiger partial charge in [0.1, 0.15) is 0 Å². The lowest BCUT2D eigenvalue weighted by Crippen LogP contribution is -2.28. The van der Waals surface area contributed by atoms with Crippen molar-refractivity contribution in [2.75, 3.05) is 0 Å². The van der Waals surface area contributed by atoms with Crippen molar-refractivity contribution in [2.45, 2.75) is 157 Å². The van der Waals surface area contributed by atoms with E-state index < -0.39 is 11.7 Å². The van der Waals surface area contributed by atoms with Gasteiger partial charge in [0.05, 0.1) is 28.5 Å². The summed E-state index contributed by atoms with van der Waals surface area (Å²) >= 11 is 0. The number of rotatable bonds is 6. The normalized spacial score (nSPS) is 14.2. The molecule has 3 N–H and O–H groups in total. The fourth-order valence-corrected chi connectivity index (χ4v) is 10.9. The fourth-order valence-electron chi connectivity index (χ4n) is 10.9. The van der Waals surface area contributed by atoms with Gasteiger partial charge in [-0.25, -0.2) is 9.97 Å². The van der Waals surface area contributed by atoms with E-state index in [-0.39, 0.29) is 44.0 Å². The SMILES string of the molecule is CC(C)(C)c1cc(-c2c3nc(c(-c4cc(C(C)(C)C)cc(C(C)(C)C)c4)c4ccc([nH]4)c(-c4cc(C(C)(C)C)cc(C(C)(C)C)c4)c4nc(c(-c5ccc(C(=O)NC6=CC(=O)C=CC6=O)cc5)c5ccc2[nH]5)C=C4)C=C3)cc(C(C)(C)C)c1. The molecule has 1 aliphatic carbocycles. The molecule has 0 spiro atoms. The standard InChI is InChI=1S/C75H81N5O3/c1-70(2,3)48-33-45(34-49(39-48)71(4,5)6)66-57-26-24-55(76-57)65(43-19-21-44(22-20-43)69(83)80-63-42-54(81)23-32-64(63)82)56-25-27-58(77-56)67(46-35-50(72(7,8)9)40-51(36-46)73(10,11)12)60-29-31-62(79-60)68(61-30-28-59(66)78-61)47-37-52(74(13,14)15)41-53(38-47)75(16,17)18/h19-42,76,79H,1-18H3,(H,80,83). The quantitative estimate of drug-likeness (QED) is 0.143. The lowest BCUT2D eigenvalue weighted by molar-refractivity contribution is -0.114. The van der Waals surface area contributed by atoms with Gasteiger partial charge < -0.3 is 15.3 Å². The first-order valence-corrected chi connectivity index (χ1v) is 29.2. The first kappa shape index (κ1) is 58.0. The molecule has 3 aliphatic rings. The number of aromatic nitrogens is 4. The molecular weight excluding hydrogens is 1020 g/mol. The van der Waals surface area contributed by atoms with Crippen LogP contribution in [0.15, 0.2) is 127 Å². The molecule has 4 aromatic carbocycles. The Bertz CT molecular complexity index is 3970. The average Bonchev–Trinajstić information content (AvgIpc) is 2.80. The summed E-state index contributed by atoms with van der Waals surface area (Å²) in [6, 6.07) is 37.2. The van der Waals surface area contributed by atoms with Crippen LogP contribution in [-0.2, 0) is 42.1 Å². The van der Waals surface area contributed by atoms with Crippen LogP contribution < -0.4 is 5.32 Å². The van der Waals surface area contributed by atoms with Gasteiger partial charge in [0.2, 0.25) is 5.78 Å². The van der Waals surface area contributed by atoms with E-state index >= 15 is 0 Å². The monoisotopic (exact) mass is 1100 g/mol. The zero-order chi connectivity index (χ0) is 60.1. The molecule has 7 aromatic rings. The van der Waals surface area contributed by atoms with E-state index in [1.807, 2.05) is 12.1 Å². The third kappa shape index (κ3) is 11.9. The van der Waals surface area contributed by atoms with Crippen molar-refractivity contribution < 1.29 is 14.4 Å². The Balaban J connectivity index is 1.37. The Morgan fingerprint density at radius 3 is 0.940 bits per heavy atom. The van der Waals surface area contributed by atoms with Crippen molar-refractivity contribution in [3.8, 4) is 44.5 Å². The number of amides is 1. The predicted octanol–water partition coefficient (Wildman–Crippen LogP) is 18.4. The van der Waals surface area contributed by atoms with Crippen molar-refractivity contribution in [3.63, 3.8) is 0 Å². The zero-order valence-corrected chi connectivity index (χ0v) is 52.0. The molecule has 83 heavy (non-hydrogen) atoms. The van der Waals surface area contributed by atoms with Crippen LogP contribution in [0.5, 0.6) is 0 Å². The topological polar surface area (TPSA) is 121 Å². The summed E-state index contributed by atoms with van der Waals surface area (Å²) in [6.07, 6.45) is 12.1. The Morgan fingerprint density at radius 1 is 0.361 bits per heavy atom. The van der Waals surface area contributed by atoms with Gasteiger partial charge in [0.15, 0.2) is 5.78 Å². The number of fused-ring (bicyclic) bond motifs is 8. The minimum absolute atomic E-state index is 0.0607. The summed E-state index contributed by atoms with van der Waals surface area (Å²) in [6.45, 7) is 41.0. The highest BCUT2D eigenvalue weighted by molar-refractivity contribution is 6.19. The predicted molar refractivity (Wildman–Crippen MR) is 348 cm³/mol. The largest absolute Gasteiger partial charge is 0.354 e. The van der Waals surface area contributed by atoms with Crippen LogP contribution in [-0.4, -0.2) is 37.4 Å². The van der Waals surface area contributed by atoms with E-state index in [4.69, 9.17) is 9.97 Å². The van der Waals surface area contributed by atoms with Crippen molar-refractivity contribution in [3.05, 3.63) is 189 Å². The van der Waals surface area contributed by atoms with Gasteiger partial charge in [-0.2, -0.15) is 0 Å². The Hall–Kier alpha value is -8.23. The van der Waals surface area contributed by atoms with Crippen LogP contribution in [0.1, 0.15) is 191 Å². The summed E-state index contributed by atoms with van der Waals surface area (Å²) in [4.78, 5) is 58.1. The Kier molecular flexibility index (Phi) is 14.4. The third-order valence-electron chi connectivity index (χ3n) is 16.3. The van der Waals surface area contributed by atoms with Crippen LogP contribution in [0.4, 0.5) is 0 Å². The molecule has 8 nitrogen and oxygen atoms in total. The highest BCUT2D eigenvalue weighted by Gasteiger charge is 2.28. The van der Waals surface area contributed by atoms with E-state index in [0.717, 1.165) is 95.4 Å². The number of aromatic amines is 2. The third-order valence-corrected chi connectivity index (χ3v) is 16.3. The molecule has 0 unspecified atom stereocenters. The van der Waals surface area contributed by atoms with Crippen molar-refractivity contribution in [2.24, 2.45) is 0 Å². The molecule has 0 atom stereocenters. The number of H-pyrrole nitrogens is 2. The lowest BCUT2D eigenvalue weighted by Gasteiger charge is -2.26. The molecule has 0 fully saturated rings. The van der Waals surface area contributed by atoms with Crippen molar-refractivity contribution in [1.29, 1.82) is 0 Å². The van der Waals surface area contributed by atoms with Gasteiger partial charge >= 0.3 is 0 Å². The van der Waals surface area contributed by atoms with Gasteiger partial charge in [-0.3, -0.25) is 14.4 Å². The zero-order valence-electron chi connectivity index (χ0n) is 52.0. The van der Waals surface area contributed by atoms with Crippen LogP contribution in [0.2, 0.25) is 0 Å². The molecule has 0 radical (unpaired) electrons. The van der Waals surface area contributed by atoms with Crippen LogP contribution in [0, 0.1) is 0 Å². The smallest absolute Gasteiger partial charge is 0.255 e. The molecule has 1 amide bonds. The Morgan fingerprint density at radius 2 is 0.651 bits per heavy atom. The second-order valence-corrected chi connectivity index (χ2v) is 29.1. The summed E-state index contributed by atoms with van der Waals surface area (Å²) < 4.78 is 0. The number of nitrogens with zero attached hydrogens (tertiary/aromatic N) is 2. The number of allylic oxidation sites excluding steroid dienone is 3. The van der Waals surface area contributed by atoms with Gasteiger partial charge in [-0.1, -0.05) is 191 Å². The van der Waals surface area contributed by atoms with E-state index in [1.54, 1.807) is 12.1 Å². The van der Waals surface area contributed by atoms with E-state index in [2.05, 4.69) is 243 Å². The summed E-state index contributed by atoms with van der Waals surface area (Å²) in [7, 11) is 0. The number of benzene rings is 4. The van der Waals surface area contributed by atoms with Crippen LogP contribution in [0.3, 0.4) is 0 Å². The number of ketones is 2. The first-order chi connectivity index (χ1) is 38.6. The number of carbonyl (C=O) groups excluding carboxylic acids is 3. The Labute approximate surface area is 491 Å². The molecular formula is C75H81N5O3. The van der Waals surface area contributed by atoms with Crippen molar-refractivity contribution in [1.82, 2.24) is 25.3 Å². The van der Waals surface area contributed by atoms with E-state index in [0.29, 0.717) is 5.56 Å². The van der Waals surface area contributed by atoms with E-state index in [1.165, 1.54) is 45.5 Å². The van der Waals surface area contributed by atoms with Gasteiger partial charge in [-0.15, -0.1) is 0 Å². The molecule has 8 bridgehead atoms. The molecule has 3 aromatic heterocycles. The molecule has 424 valence electrons. The summed E-state index contributed by atoms with van der Waals surface area (Å²) in [5, 5.41) is 2.66. The average molecular weight is 1100 g/mol. The second kappa shape index (κ2) is 20.6. The summed E-state index contributed by atoms with van der Waals surface area (Å²) in [5.41, 5.74) is 21.3. The van der Waals surface area contributed by atoms with E-state index in [9.17, 15) is 14.4 Å². The second-order valence-electron chi connectivity index (χ2n) is 29.1. The number of hydrogen-bond acceptors (Lipinski definition) is 5. The minimum atomic E-state index is -0.500. The molecule has 8 heteroatoms. The summed E-state index contributed by atoms with van der Waals surface area (Å²) in [5.74, 6) is -1.30. The molecule has 10 rings (SSSR count). The molecule has 0 saturated carbocycles. The van der Waals surface area contributed by atoms with Crippen LogP contribution >= 0.6 is 0 Å². The molecule has 5 heterocycles. The maximum Gasteiger partial charge on any atom is 0.255 e. The maximum absolute atomic E-state index is 13.7. The highest BCUT2D eigenvalue weighted by atomic mass is 16.2. The number of carbonyl (C=O) groups is 3. The van der Waals surface area contributed by atoms with Gasteiger partial charge in [0.25, 0.3) is 5.91 Å². The number of nitrogens with one attached hydrogen (secondary N) is 3. The van der Waals surface area contributed by atoms with Crippen LogP contribution in [0.25, 0.3) is 90.9 Å². The van der Waals surface area contributed by atoms with Gasteiger partial charge in [-0.05, 0) is 161 Å². The first-order valence-electron chi connectivity index (χ1n) is 29.2. The highest BCUT2D eigenvalue weighted by Crippen LogP contribution is 2.44. The number of hydrogen-bond donors (Lipinski definition) is 3. The van der Waals surface area contributed by atoms with Crippen molar-refractivity contribution >= 4 is 63.8 Å². The fraction of sp³-hybridized carbons (Fsp3) is 0.320. The minimum Gasteiger partial charge on any atom is -0.354 e. The lowest BCUT2D eigenvalue weighted by atomic mass is 9.78. The van der Waals surface area contributed by atoms with Gasteiger partial charge in [0, 0.05) is 56.0 Å². The molecule has 2 aliphatic heterocycles.